The van der Waals surface area contributed by atoms with Crippen LogP contribution in [0.4, 0.5) is 5.69 Å². The summed E-state index contributed by atoms with van der Waals surface area (Å²) in [7, 11) is 2.10. The minimum atomic E-state index is 0.742. The van der Waals surface area contributed by atoms with Gasteiger partial charge in [0.05, 0.1) is 0 Å². The van der Waals surface area contributed by atoms with Gasteiger partial charge in [0, 0.05) is 19.3 Å². The third-order valence-corrected chi connectivity index (χ3v) is 3.11. The molecule has 18 heavy (non-hydrogen) atoms. The molecular formula is C16H20N2. The normalized spacial score (nSPS) is 10.3. The van der Waals surface area contributed by atoms with Gasteiger partial charge in [-0.15, -0.1) is 0 Å². The Kier molecular flexibility index (Phi) is 4.37. The van der Waals surface area contributed by atoms with Crippen molar-refractivity contribution in [2.24, 2.45) is 5.73 Å². The van der Waals surface area contributed by atoms with Gasteiger partial charge in [-0.05, 0) is 36.2 Å². The van der Waals surface area contributed by atoms with Gasteiger partial charge in [-0.2, -0.15) is 0 Å². The quantitative estimate of drug-likeness (QED) is 0.870. The molecule has 0 atom stereocenters. The van der Waals surface area contributed by atoms with E-state index < -0.39 is 0 Å². The zero-order valence-electron chi connectivity index (χ0n) is 10.8. The molecule has 0 aliphatic carbocycles. The second-order valence-corrected chi connectivity index (χ2v) is 4.48. The first-order valence-electron chi connectivity index (χ1n) is 6.38. The summed E-state index contributed by atoms with van der Waals surface area (Å²) in [6.07, 6.45) is 1.02. The molecule has 0 radical (unpaired) electrons. The predicted octanol–water partition coefficient (Wildman–Crippen LogP) is 3.14. The molecule has 2 rings (SSSR count). The largest absolute Gasteiger partial charge is 0.375 e. The van der Waals surface area contributed by atoms with Crippen LogP contribution in [-0.2, 0) is 0 Å². The summed E-state index contributed by atoms with van der Waals surface area (Å²) >= 11 is 0. The molecule has 0 saturated carbocycles. The lowest BCUT2D eigenvalue weighted by molar-refractivity contribution is 0.796. The molecule has 94 valence electrons. The van der Waals surface area contributed by atoms with E-state index in [9.17, 15) is 0 Å². The smallest absolute Gasteiger partial charge is 0.0364 e. The van der Waals surface area contributed by atoms with Gasteiger partial charge < -0.3 is 10.6 Å². The molecule has 0 aliphatic rings. The number of nitrogens with two attached hydrogens (primary N) is 1. The van der Waals surface area contributed by atoms with Crippen LogP contribution in [0.5, 0.6) is 0 Å². The van der Waals surface area contributed by atoms with Crippen LogP contribution in [0.1, 0.15) is 6.42 Å². The van der Waals surface area contributed by atoms with Crippen LogP contribution in [0.2, 0.25) is 0 Å². The first-order valence-corrected chi connectivity index (χ1v) is 6.38. The fourth-order valence-electron chi connectivity index (χ4n) is 2.00. The van der Waals surface area contributed by atoms with Gasteiger partial charge in [0.15, 0.2) is 0 Å². The van der Waals surface area contributed by atoms with Crippen LogP contribution >= 0.6 is 0 Å². The Labute approximate surface area is 109 Å². The number of rotatable bonds is 5. The maximum Gasteiger partial charge on any atom is 0.0364 e. The van der Waals surface area contributed by atoms with Gasteiger partial charge in [-0.3, -0.25) is 0 Å². The van der Waals surface area contributed by atoms with Crippen molar-refractivity contribution in [1.82, 2.24) is 0 Å². The average molecular weight is 240 g/mol. The van der Waals surface area contributed by atoms with Gasteiger partial charge in [-0.25, -0.2) is 0 Å². The molecular weight excluding hydrogens is 220 g/mol. The third-order valence-electron chi connectivity index (χ3n) is 3.11. The summed E-state index contributed by atoms with van der Waals surface area (Å²) in [5, 5.41) is 0. The zero-order chi connectivity index (χ0) is 12.8. The highest BCUT2D eigenvalue weighted by atomic mass is 15.1. The second kappa shape index (κ2) is 6.22. The molecule has 0 saturated heterocycles. The highest BCUT2D eigenvalue weighted by Crippen LogP contribution is 2.22. The lowest BCUT2D eigenvalue weighted by Crippen LogP contribution is -2.20. The van der Waals surface area contributed by atoms with Crippen molar-refractivity contribution in [2.45, 2.75) is 6.42 Å². The summed E-state index contributed by atoms with van der Waals surface area (Å²) in [6, 6.07) is 19.1. The van der Waals surface area contributed by atoms with Crippen molar-refractivity contribution in [3.8, 4) is 11.1 Å². The molecule has 2 aromatic rings. The van der Waals surface area contributed by atoms with Gasteiger partial charge in [-0.1, -0.05) is 42.5 Å². The summed E-state index contributed by atoms with van der Waals surface area (Å²) in [6.45, 7) is 1.74. The SMILES string of the molecule is CN(CCCN)c1ccc(-c2ccccc2)cc1. The zero-order valence-corrected chi connectivity index (χ0v) is 10.8. The van der Waals surface area contributed by atoms with Crippen molar-refractivity contribution in [2.75, 3.05) is 25.0 Å². The molecule has 2 aromatic carbocycles. The van der Waals surface area contributed by atoms with Crippen molar-refractivity contribution in [3.05, 3.63) is 54.6 Å². The standard InChI is InChI=1S/C16H20N2/c1-18(13-5-12-17)16-10-8-15(9-11-16)14-6-3-2-4-7-14/h2-4,6-11H,5,12-13,17H2,1H3. The van der Waals surface area contributed by atoms with Crippen LogP contribution < -0.4 is 10.6 Å². The molecule has 2 nitrogen and oxygen atoms in total. The summed E-state index contributed by atoms with van der Waals surface area (Å²) in [5.74, 6) is 0. The molecule has 0 fully saturated rings. The van der Waals surface area contributed by atoms with Crippen LogP contribution in [0.25, 0.3) is 11.1 Å². The van der Waals surface area contributed by atoms with Crippen molar-refractivity contribution < 1.29 is 0 Å². The minimum Gasteiger partial charge on any atom is -0.375 e. The topological polar surface area (TPSA) is 29.3 Å². The van der Waals surface area contributed by atoms with Crippen LogP contribution in [0, 0.1) is 0 Å². The summed E-state index contributed by atoms with van der Waals surface area (Å²) in [5.41, 5.74) is 9.28. The number of benzene rings is 2. The highest BCUT2D eigenvalue weighted by molar-refractivity contribution is 5.66. The first-order chi connectivity index (χ1) is 8.81. The van der Waals surface area contributed by atoms with E-state index in [4.69, 9.17) is 5.73 Å². The van der Waals surface area contributed by atoms with E-state index in [1.807, 2.05) is 6.07 Å². The first kappa shape index (κ1) is 12.7. The predicted molar refractivity (Wildman–Crippen MR) is 78.8 cm³/mol. The minimum absolute atomic E-state index is 0.742. The van der Waals surface area contributed by atoms with E-state index in [2.05, 4.69) is 60.5 Å². The maximum atomic E-state index is 5.53. The number of hydrogen-bond acceptors (Lipinski definition) is 2. The Hall–Kier alpha value is -1.80. The number of anilines is 1. The fourth-order valence-corrected chi connectivity index (χ4v) is 2.00. The van der Waals surface area contributed by atoms with Gasteiger partial charge >= 0.3 is 0 Å². The van der Waals surface area contributed by atoms with E-state index in [1.165, 1.54) is 16.8 Å². The van der Waals surface area contributed by atoms with Crippen molar-refractivity contribution in [3.63, 3.8) is 0 Å². The average Bonchev–Trinajstić information content (AvgIpc) is 2.46. The fraction of sp³-hybridized carbons (Fsp3) is 0.250. The van der Waals surface area contributed by atoms with Gasteiger partial charge in [0.25, 0.3) is 0 Å². The van der Waals surface area contributed by atoms with Crippen molar-refractivity contribution in [1.29, 1.82) is 0 Å². The monoisotopic (exact) mass is 240 g/mol. The Morgan fingerprint density at radius 2 is 1.50 bits per heavy atom. The van der Waals surface area contributed by atoms with Crippen LogP contribution in [-0.4, -0.2) is 20.1 Å². The second-order valence-electron chi connectivity index (χ2n) is 4.48. The lowest BCUT2D eigenvalue weighted by Gasteiger charge is -2.19. The van der Waals surface area contributed by atoms with Crippen molar-refractivity contribution >= 4 is 5.69 Å². The molecule has 0 aliphatic heterocycles. The van der Waals surface area contributed by atoms with Gasteiger partial charge in [0.2, 0.25) is 0 Å². The van der Waals surface area contributed by atoms with E-state index >= 15 is 0 Å². The molecule has 0 amide bonds. The van der Waals surface area contributed by atoms with Crippen LogP contribution in [0.3, 0.4) is 0 Å². The Morgan fingerprint density at radius 3 is 2.11 bits per heavy atom. The molecule has 0 unspecified atom stereocenters. The lowest BCUT2D eigenvalue weighted by atomic mass is 10.1. The Balaban J connectivity index is 2.10. The number of nitrogens with zero attached hydrogens (tertiary/aromatic N) is 1. The highest BCUT2D eigenvalue weighted by Gasteiger charge is 2.01. The Bertz CT molecular complexity index is 462. The number of hydrogen-bond donors (Lipinski definition) is 1. The molecule has 0 bridgehead atoms. The molecule has 0 aromatic heterocycles. The third kappa shape index (κ3) is 3.11. The van der Waals surface area contributed by atoms with Gasteiger partial charge in [0.1, 0.15) is 0 Å². The molecule has 2 N–H and O–H groups in total. The Morgan fingerprint density at radius 1 is 0.889 bits per heavy atom. The van der Waals surface area contributed by atoms with E-state index in [-0.39, 0.29) is 0 Å². The van der Waals surface area contributed by atoms with Crippen LogP contribution in [0.15, 0.2) is 54.6 Å². The van der Waals surface area contributed by atoms with E-state index in [0.29, 0.717) is 0 Å². The molecule has 0 spiro atoms. The van der Waals surface area contributed by atoms with E-state index in [0.717, 1.165) is 19.5 Å². The molecule has 2 heteroatoms. The van der Waals surface area contributed by atoms with E-state index in [1.54, 1.807) is 0 Å². The summed E-state index contributed by atoms with van der Waals surface area (Å²) in [4.78, 5) is 2.24. The molecule has 0 heterocycles. The summed E-state index contributed by atoms with van der Waals surface area (Å²) < 4.78 is 0. The maximum absolute atomic E-state index is 5.53.